The minimum atomic E-state index is 0.0121. The molecular formula is C11H19N3OS. The van der Waals surface area contributed by atoms with E-state index in [0.717, 1.165) is 36.5 Å². The van der Waals surface area contributed by atoms with E-state index in [1.807, 2.05) is 21.0 Å². The smallest absolute Gasteiger partial charge is 0.263 e. The van der Waals surface area contributed by atoms with Gasteiger partial charge in [0.2, 0.25) is 0 Å². The van der Waals surface area contributed by atoms with Crippen LogP contribution in [0.1, 0.15) is 28.7 Å². The highest BCUT2D eigenvalue weighted by Gasteiger charge is 2.12. The average Bonchev–Trinajstić information content (AvgIpc) is 2.71. The van der Waals surface area contributed by atoms with Gasteiger partial charge in [0, 0.05) is 6.54 Å². The van der Waals surface area contributed by atoms with E-state index < -0.39 is 0 Å². The largest absolute Gasteiger partial charge is 0.351 e. The van der Waals surface area contributed by atoms with Gasteiger partial charge in [-0.1, -0.05) is 6.92 Å². The molecule has 0 aliphatic heterocycles. The quantitative estimate of drug-likeness (QED) is 0.765. The number of aryl methyl sites for hydroxylation is 1. The van der Waals surface area contributed by atoms with E-state index >= 15 is 0 Å². The SMILES string of the molecule is CCc1ncsc1C(=O)NCCCN(C)C. The average molecular weight is 241 g/mol. The molecule has 0 bridgehead atoms. The van der Waals surface area contributed by atoms with Gasteiger partial charge in [-0.3, -0.25) is 4.79 Å². The zero-order valence-corrected chi connectivity index (χ0v) is 10.9. The standard InChI is InChI=1S/C11H19N3OS/c1-4-9-10(16-8-13-9)11(15)12-6-5-7-14(2)3/h8H,4-7H2,1-3H3,(H,12,15). The van der Waals surface area contributed by atoms with Crippen LogP contribution in [0.15, 0.2) is 5.51 Å². The maximum atomic E-state index is 11.8. The zero-order chi connectivity index (χ0) is 12.0. The van der Waals surface area contributed by atoms with Gasteiger partial charge in [-0.25, -0.2) is 4.98 Å². The van der Waals surface area contributed by atoms with Gasteiger partial charge in [0.05, 0.1) is 11.2 Å². The first-order chi connectivity index (χ1) is 7.65. The summed E-state index contributed by atoms with van der Waals surface area (Å²) in [7, 11) is 4.06. The topological polar surface area (TPSA) is 45.2 Å². The van der Waals surface area contributed by atoms with Crippen molar-refractivity contribution in [3.05, 3.63) is 16.1 Å². The third-order valence-corrected chi connectivity index (χ3v) is 3.12. The normalized spacial score (nSPS) is 10.8. The van der Waals surface area contributed by atoms with Crippen molar-refractivity contribution < 1.29 is 4.79 Å². The van der Waals surface area contributed by atoms with Crippen LogP contribution < -0.4 is 5.32 Å². The third-order valence-electron chi connectivity index (χ3n) is 2.25. The molecule has 0 aliphatic rings. The van der Waals surface area contributed by atoms with Crippen LogP contribution in [0.5, 0.6) is 0 Å². The second-order valence-electron chi connectivity index (χ2n) is 3.89. The molecule has 0 aromatic carbocycles. The zero-order valence-electron chi connectivity index (χ0n) is 10.1. The highest BCUT2D eigenvalue weighted by molar-refractivity contribution is 7.11. The maximum Gasteiger partial charge on any atom is 0.263 e. The highest BCUT2D eigenvalue weighted by Crippen LogP contribution is 2.13. The Balaban J connectivity index is 2.35. The monoisotopic (exact) mass is 241 g/mol. The van der Waals surface area contributed by atoms with Crippen LogP contribution in [0.4, 0.5) is 0 Å². The number of carbonyl (C=O) groups is 1. The Bertz CT molecular complexity index is 336. The molecular weight excluding hydrogens is 222 g/mol. The lowest BCUT2D eigenvalue weighted by Gasteiger charge is -2.09. The Morgan fingerprint density at radius 3 is 2.94 bits per heavy atom. The molecule has 1 N–H and O–H groups in total. The Hall–Kier alpha value is -0.940. The lowest BCUT2D eigenvalue weighted by Crippen LogP contribution is -2.27. The van der Waals surface area contributed by atoms with Crippen LogP contribution in [-0.2, 0) is 6.42 Å². The Labute approximate surface area is 101 Å². The number of rotatable bonds is 6. The van der Waals surface area contributed by atoms with E-state index in [1.165, 1.54) is 11.3 Å². The van der Waals surface area contributed by atoms with E-state index in [1.54, 1.807) is 5.51 Å². The minimum absolute atomic E-state index is 0.0121. The second kappa shape index (κ2) is 6.60. The molecule has 1 heterocycles. The summed E-state index contributed by atoms with van der Waals surface area (Å²) >= 11 is 1.41. The molecule has 1 rings (SSSR count). The van der Waals surface area contributed by atoms with Crippen molar-refractivity contribution in [3.8, 4) is 0 Å². The van der Waals surface area contributed by atoms with Gasteiger partial charge in [-0.05, 0) is 33.5 Å². The van der Waals surface area contributed by atoms with E-state index in [0.29, 0.717) is 0 Å². The number of hydrogen-bond acceptors (Lipinski definition) is 4. The number of hydrogen-bond donors (Lipinski definition) is 1. The number of nitrogens with zero attached hydrogens (tertiary/aromatic N) is 2. The maximum absolute atomic E-state index is 11.8. The molecule has 1 amide bonds. The van der Waals surface area contributed by atoms with Gasteiger partial charge in [0.1, 0.15) is 4.88 Å². The minimum Gasteiger partial charge on any atom is -0.351 e. The molecule has 0 radical (unpaired) electrons. The third kappa shape index (κ3) is 3.90. The van der Waals surface area contributed by atoms with Gasteiger partial charge in [0.15, 0.2) is 0 Å². The summed E-state index contributed by atoms with van der Waals surface area (Å²) in [6.07, 6.45) is 1.78. The fourth-order valence-electron chi connectivity index (χ4n) is 1.38. The number of carbonyl (C=O) groups excluding carboxylic acids is 1. The van der Waals surface area contributed by atoms with E-state index in [4.69, 9.17) is 0 Å². The first kappa shape index (κ1) is 13.1. The molecule has 0 aliphatic carbocycles. The number of aromatic nitrogens is 1. The molecule has 0 unspecified atom stereocenters. The summed E-state index contributed by atoms with van der Waals surface area (Å²) in [6, 6.07) is 0. The van der Waals surface area contributed by atoms with Gasteiger partial charge < -0.3 is 10.2 Å². The molecule has 0 atom stereocenters. The molecule has 0 spiro atoms. The molecule has 1 aromatic rings. The van der Waals surface area contributed by atoms with Gasteiger partial charge >= 0.3 is 0 Å². The first-order valence-corrected chi connectivity index (χ1v) is 6.38. The van der Waals surface area contributed by atoms with Crippen molar-refractivity contribution in [2.45, 2.75) is 19.8 Å². The fourth-order valence-corrected chi connectivity index (χ4v) is 2.18. The molecule has 90 valence electrons. The van der Waals surface area contributed by atoms with Crippen molar-refractivity contribution in [2.24, 2.45) is 0 Å². The Morgan fingerprint density at radius 2 is 2.31 bits per heavy atom. The fraction of sp³-hybridized carbons (Fsp3) is 0.636. The van der Waals surface area contributed by atoms with Crippen molar-refractivity contribution in [3.63, 3.8) is 0 Å². The van der Waals surface area contributed by atoms with Gasteiger partial charge in [-0.2, -0.15) is 0 Å². The summed E-state index contributed by atoms with van der Waals surface area (Å²) in [4.78, 5) is 18.8. The van der Waals surface area contributed by atoms with Crippen LogP contribution in [-0.4, -0.2) is 43.0 Å². The van der Waals surface area contributed by atoms with E-state index in [9.17, 15) is 4.79 Å². The summed E-state index contributed by atoms with van der Waals surface area (Å²) in [5.74, 6) is 0.0121. The van der Waals surface area contributed by atoms with Crippen molar-refractivity contribution in [1.82, 2.24) is 15.2 Å². The van der Waals surface area contributed by atoms with Crippen LogP contribution >= 0.6 is 11.3 Å². The van der Waals surface area contributed by atoms with E-state index in [-0.39, 0.29) is 5.91 Å². The molecule has 0 fully saturated rings. The summed E-state index contributed by atoms with van der Waals surface area (Å²) in [5.41, 5.74) is 2.63. The predicted molar refractivity (Wildman–Crippen MR) is 67.0 cm³/mol. The molecule has 1 aromatic heterocycles. The van der Waals surface area contributed by atoms with Gasteiger partial charge in [-0.15, -0.1) is 11.3 Å². The van der Waals surface area contributed by atoms with Crippen molar-refractivity contribution in [2.75, 3.05) is 27.2 Å². The van der Waals surface area contributed by atoms with Crippen LogP contribution in [0.2, 0.25) is 0 Å². The highest BCUT2D eigenvalue weighted by atomic mass is 32.1. The first-order valence-electron chi connectivity index (χ1n) is 5.50. The van der Waals surface area contributed by atoms with Crippen molar-refractivity contribution >= 4 is 17.2 Å². The van der Waals surface area contributed by atoms with Crippen LogP contribution in [0.3, 0.4) is 0 Å². The Morgan fingerprint density at radius 1 is 1.56 bits per heavy atom. The van der Waals surface area contributed by atoms with Crippen LogP contribution in [0, 0.1) is 0 Å². The number of amides is 1. The molecule has 4 nitrogen and oxygen atoms in total. The van der Waals surface area contributed by atoms with Gasteiger partial charge in [0.25, 0.3) is 5.91 Å². The molecule has 5 heteroatoms. The van der Waals surface area contributed by atoms with Crippen LogP contribution in [0.25, 0.3) is 0 Å². The summed E-state index contributed by atoms with van der Waals surface area (Å²) in [5, 5.41) is 2.92. The van der Waals surface area contributed by atoms with Crippen molar-refractivity contribution in [1.29, 1.82) is 0 Å². The molecule has 0 saturated heterocycles. The predicted octanol–water partition coefficient (Wildman–Crippen LogP) is 1.39. The summed E-state index contributed by atoms with van der Waals surface area (Å²) in [6.45, 7) is 3.72. The number of thiazole rings is 1. The lowest BCUT2D eigenvalue weighted by atomic mass is 10.3. The Kier molecular flexibility index (Phi) is 5.42. The molecule has 16 heavy (non-hydrogen) atoms. The lowest BCUT2D eigenvalue weighted by molar-refractivity contribution is 0.0955. The summed E-state index contributed by atoms with van der Waals surface area (Å²) < 4.78 is 0. The second-order valence-corrected chi connectivity index (χ2v) is 4.75. The molecule has 0 saturated carbocycles. The number of nitrogens with one attached hydrogen (secondary N) is 1. The van der Waals surface area contributed by atoms with E-state index in [2.05, 4.69) is 15.2 Å².